The lowest BCUT2D eigenvalue weighted by molar-refractivity contribution is -0.206. The van der Waals surface area contributed by atoms with Gasteiger partial charge in [0.1, 0.15) is 0 Å². The molecule has 3 aromatic rings. The largest absolute Gasteiger partial charge is 0.418 e. The number of nitrogens with one attached hydrogen (secondary N) is 3. The molecule has 0 fully saturated rings. The van der Waals surface area contributed by atoms with E-state index in [-0.39, 0.29) is 35.3 Å². The van der Waals surface area contributed by atoms with Gasteiger partial charge in [-0.05, 0) is 41.5 Å². The van der Waals surface area contributed by atoms with Crippen LogP contribution >= 0.6 is 0 Å². The lowest BCUT2D eigenvalue weighted by Crippen LogP contribution is -2.20. The zero-order valence-electron chi connectivity index (χ0n) is 15.7. The van der Waals surface area contributed by atoms with Crippen molar-refractivity contribution in [2.45, 2.75) is 18.7 Å². The van der Waals surface area contributed by atoms with Crippen LogP contribution in [0.2, 0.25) is 0 Å². The molecule has 0 saturated carbocycles. The van der Waals surface area contributed by atoms with Crippen LogP contribution in [-0.2, 0) is 11.2 Å². The van der Waals surface area contributed by atoms with Crippen LogP contribution in [0.3, 0.4) is 0 Å². The first-order valence-electron chi connectivity index (χ1n) is 9.03. The summed E-state index contributed by atoms with van der Waals surface area (Å²) in [6.45, 7) is 0. The second kappa shape index (κ2) is 7.84. The van der Waals surface area contributed by atoms with Crippen molar-refractivity contribution in [3.8, 4) is 0 Å². The molecule has 1 aliphatic heterocycles. The Labute approximate surface area is 173 Å². The van der Waals surface area contributed by atoms with Crippen molar-refractivity contribution in [1.29, 1.82) is 0 Å². The first-order valence-corrected chi connectivity index (χ1v) is 9.03. The number of alkyl halides is 3. The monoisotopic (exact) mass is 433 g/mol. The van der Waals surface area contributed by atoms with Gasteiger partial charge in [0, 0.05) is 17.1 Å². The van der Waals surface area contributed by atoms with Crippen LogP contribution in [-0.4, -0.2) is 27.2 Å². The van der Waals surface area contributed by atoms with Gasteiger partial charge < -0.3 is 21.1 Å². The minimum atomic E-state index is -4.81. The Morgan fingerprint density at radius 2 is 1.87 bits per heavy atom. The van der Waals surface area contributed by atoms with Gasteiger partial charge in [0.15, 0.2) is 17.7 Å². The molecule has 1 aliphatic rings. The Balaban J connectivity index is 1.54. The number of aromatic nitrogens is 2. The third-order valence-corrected chi connectivity index (χ3v) is 4.51. The van der Waals surface area contributed by atoms with Crippen molar-refractivity contribution < 1.29 is 27.5 Å². The minimum absolute atomic E-state index is 0.0689. The summed E-state index contributed by atoms with van der Waals surface area (Å²) in [5, 5.41) is 17.6. The first-order chi connectivity index (χ1) is 14.7. The van der Waals surface area contributed by atoms with Crippen molar-refractivity contribution in [2.24, 2.45) is 0 Å². The van der Waals surface area contributed by atoms with Crippen molar-refractivity contribution >= 4 is 34.7 Å². The second-order valence-corrected chi connectivity index (χ2v) is 6.81. The minimum Gasteiger partial charge on any atom is -0.379 e. The topological polar surface area (TPSA) is 99.2 Å². The summed E-state index contributed by atoms with van der Waals surface area (Å²) in [6, 6.07) is 10.0. The van der Waals surface area contributed by atoms with Crippen LogP contribution < -0.4 is 16.0 Å². The molecule has 2 aromatic carbocycles. The molecule has 1 unspecified atom stereocenters. The molecule has 0 aliphatic carbocycles. The van der Waals surface area contributed by atoms with Crippen LogP contribution in [0.15, 0.2) is 48.7 Å². The molecule has 1 amide bonds. The summed E-state index contributed by atoms with van der Waals surface area (Å²) in [4.78, 5) is 19.3. The number of aliphatic hydroxyl groups is 1. The highest BCUT2D eigenvalue weighted by Gasteiger charge is 2.39. The van der Waals surface area contributed by atoms with Crippen LogP contribution in [0.4, 0.5) is 46.4 Å². The number of carbonyl (C=O) groups excluding carboxylic acids is 1. The normalized spacial score (nSPS) is 14.0. The van der Waals surface area contributed by atoms with Gasteiger partial charge in [-0.25, -0.2) is 9.37 Å². The average Bonchev–Trinajstić information content (AvgIpc) is 3.09. The van der Waals surface area contributed by atoms with Crippen molar-refractivity contribution in [2.75, 3.05) is 16.0 Å². The van der Waals surface area contributed by atoms with E-state index in [1.54, 1.807) is 18.2 Å². The van der Waals surface area contributed by atoms with E-state index in [1.165, 1.54) is 12.1 Å². The van der Waals surface area contributed by atoms with Crippen LogP contribution in [0.5, 0.6) is 0 Å². The van der Waals surface area contributed by atoms with E-state index in [9.17, 15) is 27.5 Å². The van der Waals surface area contributed by atoms with Gasteiger partial charge in [0.2, 0.25) is 11.9 Å². The Kier molecular flexibility index (Phi) is 5.19. The molecule has 4 N–H and O–H groups in total. The molecule has 1 atom stereocenters. The van der Waals surface area contributed by atoms with Gasteiger partial charge in [-0.15, -0.1) is 0 Å². The Morgan fingerprint density at radius 3 is 2.65 bits per heavy atom. The van der Waals surface area contributed by atoms with Gasteiger partial charge in [-0.1, -0.05) is 12.1 Å². The van der Waals surface area contributed by atoms with E-state index in [0.717, 1.165) is 23.9 Å². The van der Waals surface area contributed by atoms with E-state index >= 15 is 0 Å². The molecule has 2 heterocycles. The van der Waals surface area contributed by atoms with E-state index in [4.69, 9.17) is 0 Å². The number of nitrogens with zero attached hydrogens (tertiary/aromatic N) is 2. The number of anilines is 5. The molecule has 7 nitrogen and oxygen atoms in total. The van der Waals surface area contributed by atoms with E-state index in [2.05, 4.69) is 25.9 Å². The fourth-order valence-electron chi connectivity index (χ4n) is 3.06. The van der Waals surface area contributed by atoms with Gasteiger partial charge >= 0.3 is 6.18 Å². The Morgan fingerprint density at radius 1 is 1.10 bits per heavy atom. The molecule has 4 rings (SSSR count). The summed E-state index contributed by atoms with van der Waals surface area (Å²) < 4.78 is 52.4. The maximum Gasteiger partial charge on any atom is 0.418 e. The third-order valence-electron chi connectivity index (χ3n) is 4.51. The fraction of sp³-hybridized carbons (Fsp3) is 0.150. The number of hydrogen-bond acceptors (Lipinski definition) is 6. The highest BCUT2D eigenvalue weighted by molar-refractivity contribution is 5.99. The maximum atomic E-state index is 14.2. The second-order valence-electron chi connectivity index (χ2n) is 6.81. The predicted molar refractivity (Wildman–Crippen MR) is 105 cm³/mol. The number of hydrogen-bond donors (Lipinski definition) is 4. The first kappa shape index (κ1) is 20.5. The van der Waals surface area contributed by atoms with E-state index < -0.39 is 18.1 Å². The van der Waals surface area contributed by atoms with Crippen molar-refractivity contribution in [3.05, 3.63) is 65.6 Å². The highest BCUT2D eigenvalue weighted by atomic mass is 19.4. The number of amides is 1. The average molecular weight is 433 g/mol. The molecule has 31 heavy (non-hydrogen) atoms. The smallest absolute Gasteiger partial charge is 0.379 e. The zero-order chi connectivity index (χ0) is 22.2. The predicted octanol–water partition coefficient (Wildman–Crippen LogP) is 4.19. The molecule has 1 aromatic heterocycles. The summed E-state index contributed by atoms with van der Waals surface area (Å²) in [5.74, 6) is -1.12. The SMILES string of the molecule is O=C1Cc2cc(Nc3nc(Nc4cccc(C(O)C(F)(F)F)c4)ncc3F)ccc2N1. The molecule has 0 saturated heterocycles. The number of aliphatic hydroxyl groups excluding tert-OH is 1. The van der Waals surface area contributed by atoms with Gasteiger partial charge in [-0.3, -0.25) is 4.79 Å². The lowest BCUT2D eigenvalue weighted by atomic mass is 10.1. The van der Waals surface area contributed by atoms with Crippen molar-refractivity contribution in [1.82, 2.24) is 9.97 Å². The lowest BCUT2D eigenvalue weighted by Gasteiger charge is -2.16. The van der Waals surface area contributed by atoms with Gasteiger partial charge in [0.05, 0.1) is 12.6 Å². The molecule has 0 radical (unpaired) electrons. The summed E-state index contributed by atoms with van der Waals surface area (Å²) in [6.07, 6.45) is -6.33. The Bertz CT molecular complexity index is 1150. The van der Waals surface area contributed by atoms with Crippen LogP contribution in [0, 0.1) is 5.82 Å². The third kappa shape index (κ3) is 4.56. The van der Waals surface area contributed by atoms with Crippen LogP contribution in [0.25, 0.3) is 0 Å². The summed E-state index contributed by atoms with van der Waals surface area (Å²) >= 11 is 0. The number of halogens is 4. The van der Waals surface area contributed by atoms with Gasteiger partial charge in [-0.2, -0.15) is 18.2 Å². The van der Waals surface area contributed by atoms with Crippen LogP contribution in [0.1, 0.15) is 17.2 Å². The molecular formula is C20H15F4N5O2. The van der Waals surface area contributed by atoms with Crippen molar-refractivity contribution in [3.63, 3.8) is 0 Å². The Hall–Kier alpha value is -3.73. The van der Waals surface area contributed by atoms with E-state index in [0.29, 0.717) is 11.4 Å². The highest BCUT2D eigenvalue weighted by Crippen LogP contribution is 2.34. The molecule has 0 spiro atoms. The standard InChI is InChI=1S/C20H15F4N5O2/c21-14-9-25-19(27-12-3-1-2-10(6-12)17(31)20(22,23)24)29-18(14)26-13-4-5-15-11(7-13)8-16(30)28-15/h1-7,9,17,31H,8H2,(H,28,30)(H2,25,26,27,29). The molecule has 160 valence electrons. The maximum absolute atomic E-state index is 14.2. The molecule has 0 bridgehead atoms. The van der Waals surface area contributed by atoms with Gasteiger partial charge in [0.25, 0.3) is 0 Å². The number of fused-ring (bicyclic) bond motifs is 1. The van der Waals surface area contributed by atoms with E-state index in [1.807, 2.05) is 0 Å². The molecular weight excluding hydrogens is 418 g/mol. The molecule has 11 heteroatoms. The summed E-state index contributed by atoms with van der Waals surface area (Å²) in [5.41, 5.74) is 1.75. The number of rotatable bonds is 5. The number of carbonyl (C=O) groups is 1. The summed E-state index contributed by atoms with van der Waals surface area (Å²) in [7, 11) is 0. The fourth-order valence-corrected chi connectivity index (χ4v) is 3.06. The number of benzene rings is 2. The zero-order valence-corrected chi connectivity index (χ0v) is 15.7. The quantitative estimate of drug-likeness (QED) is 0.451.